The van der Waals surface area contributed by atoms with Gasteiger partial charge in [0.2, 0.25) is 0 Å². The van der Waals surface area contributed by atoms with Gasteiger partial charge in [0.05, 0.1) is 6.61 Å². The second-order valence-electron chi connectivity index (χ2n) is 4.92. The average molecular weight is 305 g/mol. The van der Waals surface area contributed by atoms with Gasteiger partial charge in [0.1, 0.15) is 12.4 Å². The van der Waals surface area contributed by atoms with Crippen LogP contribution in [0.3, 0.4) is 0 Å². The van der Waals surface area contributed by atoms with Crippen LogP contribution in [-0.4, -0.2) is 35.9 Å². The Kier molecular flexibility index (Phi) is 7.04. The zero-order chi connectivity index (χ0) is 15.9. The Balaban J connectivity index is 2.50. The van der Waals surface area contributed by atoms with Crippen LogP contribution in [0.5, 0.6) is 0 Å². The first-order chi connectivity index (χ1) is 9.83. The minimum absolute atomic E-state index is 0.0397. The monoisotopic (exact) mass is 305 g/mol. The zero-order valence-corrected chi connectivity index (χ0v) is 12.6. The standard InChI is InChI=1S/C14H22F3N3O/c1-4-6-18-10(2)12-8-19-13(20-11(12)3)5-7-21-9-14(15,16)17/h8,10,18H,4-7,9H2,1-3H3. The summed E-state index contributed by atoms with van der Waals surface area (Å²) in [6, 6.07) is 0.153. The lowest BCUT2D eigenvalue weighted by Crippen LogP contribution is -2.21. The Hall–Kier alpha value is -1.21. The molecule has 120 valence electrons. The second kappa shape index (κ2) is 8.29. The van der Waals surface area contributed by atoms with E-state index in [0.717, 1.165) is 24.2 Å². The van der Waals surface area contributed by atoms with Gasteiger partial charge in [0.25, 0.3) is 0 Å². The van der Waals surface area contributed by atoms with Gasteiger partial charge in [-0.3, -0.25) is 0 Å². The predicted octanol–water partition coefficient (Wildman–Crippen LogP) is 2.97. The first-order valence-electron chi connectivity index (χ1n) is 7.03. The van der Waals surface area contributed by atoms with E-state index in [4.69, 9.17) is 0 Å². The van der Waals surface area contributed by atoms with Crippen molar-refractivity contribution in [3.8, 4) is 0 Å². The van der Waals surface area contributed by atoms with Crippen LogP contribution in [0.4, 0.5) is 13.2 Å². The number of hydrogen-bond donors (Lipinski definition) is 1. The number of aromatic nitrogens is 2. The summed E-state index contributed by atoms with van der Waals surface area (Å²) in [7, 11) is 0. The summed E-state index contributed by atoms with van der Waals surface area (Å²) in [4.78, 5) is 8.51. The van der Waals surface area contributed by atoms with Gasteiger partial charge in [-0.2, -0.15) is 13.2 Å². The number of halogens is 3. The fourth-order valence-corrected chi connectivity index (χ4v) is 1.89. The van der Waals surface area contributed by atoms with Crippen molar-refractivity contribution >= 4 is 0 Å². The summed E-state index contributed by atoms with van der Waals surface area (Å²) in [6.07, 6.45) is -1.25. The highest BCUT2D eigenvalue weighted by molar-refractivity contribution is 5.19. The van der Waals surface area contributed by atoms with E-state index >= 15 is 0 Å². The Morgan fingerprint density at radius 1 is 1.38 bits per heavy atom. The highest BCUT2D eigenvalue weighted by Gasteiger charge is 2.27. The molecule has 1 unspecified atom stereocenters. The number of aryl methyl sites for hydroxylation is 1. The third kappa shape index (κ3) is 6.86. The summed E-state index contributed by atoms with van der Waals surface area (Å²) >= 11 is 0. The summed E-state index contributed by atoms with van der Waals surface area (Å²) in [5.74, 6) is 0.501. The molecule has 0 bridgehead atoms. The van der Waals surface area contributed by atoms with E-state index in [1.54, 1.807) is 6.20 Å². The molecule has 0 saturated carbocycles. The van der Waals surface area contributed by atoms with Crippen molar-refractivity contribution in [3.63, 3.8) is 0 Å². The van der Waals surface area contributed by atoms with Gasteiger partial charge in [-0.25, -0.2) is 9.97 Å². The number of hydrogen-bond acceptors (Lipinski definition) is 4. The minimum atomic E-state index is -4.29. The number of nitrogens with one attached hydrogen (secondary N) is 1. The quantitative estimate of drug-likeness (QED) is 0.750. The van der Waals surface area contributed by atoms with E-state index in [2.05, 4.69) is 26.9 Å². The molecule has 1 N–H and O–H groups in total. The second-order valence-corrected chi connectivity index (χ2v) is 4.92. The molecule has 0 aliphatic heterocycles. The maximum absolute atomic E-state index is 11.9. The molecule has 1 aromatic rings. The largest absolute Gasteiger partial charge is 0.411 e. The minimum Gasteiger partial charge on any atom is -0.372 e. The Labute approximate surface area is 123 Å². The van der Waals surface area contributed by atoms with Crippen molar-refractivity contribution in [1.82, 2.24) is 15.3 Å². The van der Waals surface area contributed by atoms with Crippen LogP contribution in [0.1, 0.15) is 43.4 Å². The fourth-order valence-electron chi connectivity index (χ4n) is 1.89. The first kappa shape index (κ1) is 17.8. The van der Waals surface area contributed by atoms with Crippen LogP contribution in [0.2, 0.25) is 0 Å². The molecule has 0 fully saturated rings. The van der Waals surface area contributed by atoms with Crippen LogP contribution in [0.25, 0.3) is 0 Å². The molecule has 4 nitrogen and oxygen atoms in total. The van der Waals surface area contributed by atoms with Gasteiger partial charge in [0.15, 0.2) is 0 Å². The number of alkyl halides is 3. The van der Waals surface area contributed by atoms with Crippen LogP contribution >= 0.6 is 0 Å². The smallest absolute Gasteiger partial charge is 0.372 e. The first-order valence-corrected chi connectivity index (χ1v) is 7.03. The molecule has 0 radical (unpaired) electrons. The van der Waals surface area contributed by atoms with Gasteiger partial charge < -0.3 is 10.1 Å². The van der Waals surface area contributed by atoms with Crippen molar-refractivity contribution in [1.29, 1.82) is 0 Å². The maximum atomic E-state index is 11.9. The van der Waals surface area contributed by atoms with Crippen LogP contribution < -0.4 is 5.32 Å². The molecular formula is C14H22F3N3O. The third-order valence-electron chi connectivity index (χ3n) is 2.97. The third-order valence-corrected chi connectivity index (χ3v) is 2.97. The molecule has 0 aliphatic carbocycles. The molecule has 21 heavy (non-hydrogen) atoms. The SMILES string of the molecule is CCCNC(C)c1cnc(CCOCC(F)(F)F)nc1C. The van der Waals surface area contributed by atoms with Gasteiger partial charge in [-0.1, -0.05) is 6.92 Å². The van der Waals surface area contributed by atoms with E-state index in [9.17, 15) is 13.2 Å². The Morgan fingerprint density at radius 2 is 2.10 bits per heavy atom. The Bertz CT molecular complexity index is 438. The average Bonchev–Trinajstić information content (AvgIpc) is 2.40. The topological polar surface area (TPSA) is 47.0 Å². The van der Waals surface area contributed by atoms with E-state index in [0.29, 0.717) is 5.82 Å². The van der Waals surface area contributed by atoms with E-state index in [1.165, 1.54) is 0 Å². The zero-order valence-electron chi connectivity index (χ0n) is 12.6. The normalized spacial score (nSPS) is 13.4. The number of rotatable bonds is 8. The molecule has 1 rings (SSSR count). The van der Waals surface area contributed by atoms with Gasteiger partial charge in [-0.05, 0) is 26.8 Å². The fraction of sp³-hybridized carbons (Fsp3) is 0.714. The molecule has 0 saturated heterocycles. The van der Waals surface area contributed by atoms with Gasteiger partial charge >= 0.3 is 6.18 Å². The molecule has 1 aromatic heterocycles. The molecule has 1 heterocycles. The summed E-state index contributed by atoms with van der Waals surface area (Å²) in [5, 5.41) is 3.35. The molecular weight excluding hydrogens is 283 g/mol. The lowest BCUT2D eigenvalue weighted by molar-refractivity contribution is -0.173. The van der Waals surface area contributed by atoms with Crippen LogP contribution in [0.15, 0.2) is 6.20 Å². The summed E-state index contributed by atoms with van der Waals surface area (Å²) in [5.41, 5.74) is 1.84. The Morgan fingerprint density at radius 3 is 2.67 bits per heavy atom. The van der Waals surface area contributed by atoms with Crippen molar-refractivity contribution in [3.05, 3.63) is 23.3 Å². The lowest BCUT2D eigenvalue weighted by Gasteiger charge is -2.15. The highest BCUT2D eigenvalue weighted by Crippen LogP contribution is 2.16. The molecule has 1 atom stereocenters. The van der Waals surface area contributed by atoms with Crippen molar-refractivity contribution in [2.75, 3.05) is 19.8 Å². The predicted molar refractivity (Wildman–Crippen MR) is 74.1 cm³/mol. The van der Waals surface area contributed by atoms with Crippen molar-refractivity contribution in [2.45, 2.75) is 45.8 Å². The summed E-state index contributed by atoms with van der Waals surface area (Å²) < 4.78 is 40.3. The maximum Gasteiger partial charge on any atom is 0.411 e. The van der Waals surface area contributed by atoms with E-state index in [1.807, 2.05) is 13.8 Å². The van der Waals surface area contributed by atoms with Crippen LogP contribution in [-0.2, 0) is 11.2 Å². The van der Waals surface area contributed by atoms with Gasteiger partial charge in [0, 0.05) is 29.9 Å². The van der Waals surface area contributed by atoms with E-state index < -0.39 is 12.8 Å². The summed E-state index contributed by atoms with van der Waals surface area (Å²) in [6.45, 7) is 5.64. The lowest BCUT2D eigenvalue weighted by atomic mass is 10.1. The number of nitrogens with zero attached hydrogens (tertiary/aromatic N) is 2. The van der Waals surface area contributed by atoms with Crippen molar-refractivity contribution < 1.29 is 17.9 Å². The molecule has 0 aliphatic rings. The highest BCUT2D eigenvalue weighted by atomic mass is 19.4. The van der Waals surface area contributed by atoms with Crippen LogP contribution in [0, 0.1) is 6.92 Å². The molecule has 0 amide bonds. The van der Waals surface area contributed by atoms with E-state index in [-0.39, 0.29) is 19.1 Å². The van der Waals surface area contributed by atoms with Gasteiger partial charge in [-0.15, -0.1) is 0 Å². The van der Waals surface area contributed by atoms with Crippen molar-refractivity contribution in [2.24, 2.45) is 0 Å². The molecule has 0 spiro atoms. The molecule has 7 heteroatoms. The number of ether oxygens (including phenoxy) is 1. The molecule has 0 aromatic carbocycles.